The van der Waals surface area contributed by atoms with E-state index in [1.165, 1.54) is 18.2 Å². The molecule has 1 aromatic carbocycles. The topological polar surface area (TPSA) is 69.2 Å². The molecule has 0 aliphatic rings. The molecule has 0 saturated carbocycles. The van der Waals surface area contributed by atoms with E-state index in [-0.39, 0.29) is 18.8 Å². The zero-order valence-electron chi connectivity index (χ0n) is 5.45. The summed E-state index contributed by atoms with van der Waals surface area (Å²) in [5.41, 5.74) is 5.27. The zero-order valence-corrected chi connectivity index (χ0v) is 6.21. The van der Waals surface area contributed by atoms with Gasteiger partial charge in [0.05, 0.1) is 4.92 Å². The first kappa shape index (κ1) is 10.7. The van der Waals surface area contributed by atoms with Crippen LogP contribution < -0.4 is 5.73 Å². The molecule has 0 fully saturated rings. The van der Waals surface area contributed by atoms with E-state index < -0.39 is 4.92 Å². The van der Waals surface area contributed by atoms with Gasteiger partial charge in [-0.05, 0) is 12.1 Å². The summed E-state index contributed by atoms with van der Waals surface area (Å²) in [6, 6.07) is 4.05. The second-order valence-corrected chi connectivity index (χ2v) is 2.40. The van der Waals surface area contributed by atoms with Crippen molar-refractivity contribution in [1.29, 1.82) is 0 Å². The zero-order chi connectivity index (χ0) is 8.43. The maximum atomic E-state index is 10.2. The third-order valence-corrected chi connectivity index (χ3v) is 1.42. The third-order valence-electron chi connectivity index (χ3n) is 1.19. The van der Waals surface area contributed by atoms with Crippen LogP contribution in [0.5, 0.6) is 0 Å². The normalized spacial score (nSPS) is 8.75. The van der Waals surface area contributed by atoms with E-state index in [4.69, 9.17) is 17.3 Å². The minimum absolute atomic E-state index is 0. The Hall–Kier alpha value is -1.29. The minimum atomic E-state index is -0.550. The number of hydrogen-bond donors (Lipinski definition) is 1. The molecule has 1 aromatic rings. The molecule has 0 aromatic heterocycles. The van der Waals surface area contributed by atoms with Crippen LogP contribution in [0.25, 0.3) is 0 Å². The highest BCUT2D eigenvalue weighted by Gasteiger charge is 2.09. The van der Waals surface area contributed by atoms with Gasteiger partial charge in [-0.25, -0.2) is 0 Å². The molecule has 0 radical (unpaired) electrons. The Morgan fingerprint density at radius 1 is 1.50 bits per heavy atom. The van der Waals surface area contributed by atoms with Gasteiger partial charge >= 0.3 is 0 Å². The van der Waals surface area contributed by atoms with Crippen LogP contribution in [0.1, 0.15) is 7.43 Å². The van der Waals surface area contributed by atoms with Crippen LogP contribution in [-0.2, 0) is 0 Å². The Morgan fingerprint density at radius 2 is 2.08 bits per heavy atom. The van der Waals surface area contributed by atoms with Crippen LogP contribution in [-0.4, -0.2) is 4.92 Å². The molecule has 0 spiro atoms. The summed E-state index contributed by atoms with van der Waals surface area (Å²) in [5.74, 6) is 0. The van der Waals surface area contributed by atoms with Crippen LogP contribution in [0.4, 0.5) is 11.4 Å². The van der Waals surface area contributed by atoms with Gasteiger partial charge in [-0.1, -0.05) is 19.0 Å². The largest absolute Gasteiger partial charge is 0.393 e. The third kappa shape index (κ3) is 2.10. The molecule has 0 saturated heterocycles. The van der Waals surface area contributed by atoms with Crippen LogP contribution in [0.3, 0.4) is 0 Å². The maximum Gasteiger partial charge on any atom is 0.292 e. The van der Waals surface area contributed by atoms with Crippen molar-refractivity contribution in [3.8, 4) is 0 Å². The molecule has 0 unspecified atom stereocenters. The van der Waals surface area contributed by atoms with Crippen molar-refractivity contribution in [3.05, 3.63) is 33.3 Å². The summed E-state index contributed by atoms with van der Waals surface area (Å²) in [5, 5.41) is 10.6. The molecule has 12 heavy (non-hydrogen) atoms. The number of nitro benzene ring substituents is 1. The fraction of sp³-hybridized carbons (Fsp3) is 0.143. The number of nitrogens with two attached hydrogens (primary N) is 1. The fourth-order valence-corrected chi connectivity index (χ4v) is 0.872. The first-order valence-corrected chi connectivity index (χ1v) is 3.18. The molecular weight excluding hydrogens is 180 g/mol. The first-order chi connectivity index (χ1) is 5.11. The average Bonchev–Trinajstić information content (AvgIpc) is 1.85. The number of halogens is 1. The van der Waals surface area contributed by atoms with E-state index >= 15 is 0 Å². The van der Waals surface area contributed by atoms with Gasteiger partial charge < -0.3 is 5.73 Å². The number of nitrogens with zero attached hydrogens (tertiary/aromatic N) is 1. The Labute approximate surface area is 75.1 Å². The van der Waals surface area contributed by atoms with Crippen LogP contribution >= 0.6 is 11.6 Å². The molecule has 1 rings (SSSR count). The van der Waals surface area contributed by atoms with E-state index in [2.05, 4.69) is 0 Å². The molecule has 0 atom stereocenters. The molecule has 0 amide bonds. The molecule has 5 heteroatoms. The summed E-state index contributed by atoms with van der Waals surface area (Å²) >= 11 is 5.52. The van der Waals surface area contributed by atoms with Gasteiger partial charge in [0.15, 0.2) is 0 Å². The monoisotopic (exact) mass is 188 g/mol. The predicted octanol–water partition coefficient (Wildman–Crippen LogP) is 2.47. The van der Waals surface area contributed by atoms with Gasteiger partial charge in [0.2, 0.25) is 0 Å². The van der Waals surface area contributed by atoms with Gasteiger partial charge in [0.25, 0.3) is 5.69 Å². The van der Waals surface area contributed by atoms with E-state index in [0.717, 1.165) is 0 Å². The van der Waals surface area contributed by atoms with Crippen LogP contribution in [0.2, 0.25) is 5.02 Å². The lowest BCUT2D eigenvalue weighted by Gasteiger charge is -1.95. The summed E-state index contributed by atoms with van der Waals surface area (Å²) in [6.45, 7) is 0. The Bertz CT molecular complexity index is 301. The summed E-state index contributed by atoms with van der Waals surface area (Å²) in [4.78, 5) is 9.67. The number of nitrogen functional groups attached to an aromatic ring is 1. The Morgan fingerprint density at radius 3 is 2.50 bits per heavy atom. The second-order valence-electron chi connectivity index (χ2n) is 1.96. The van der Waals surface area contributed by atoms with E-state index in [1.54, 1.807) is 0 Å². The highest BCUT2D eigenvalue weighted by molar-refractivity contribution is 6.30. The lowest BCUT2D eigenvalue weighted by molar-refractivity contribution is -0.383. The average molecular weight is 189 g/mol. The number of nitro groups is 1. The number of benzene rings is 1. The highest BCUT2D eigenvalue weighted by Crippen LogP contribution is 2.23. The van der Waals surface area contributed by atoms with Crippen molar-refractivity contribution in [1.82, 2.24) is 0 Å². The lowest BCUT2D eigenvalue weighted by atomic mass is 10.3. The second kappa shape index (κ2) is 3.92. The summed E-state index contributed by atoms with van der Waals surface area (Å²) in [7, 11) is 0. The smallest absolute Gasteiger partial charge is 0.292 e. The van der Waals surface area contributed by atoms with Gasteiger partial charge in [-0.15, -0.1) is 0 Å². The van der Waals surface area contributed by atoms with Crippen molar-refractivity contribution in [2.75, 3.05) is 5.73 Å². The van der Waals surface area contributed by atoms with Crippen LogP contribution in [0.15, 0.2) is 18.2 Å². The molecule has 2 N–H and O–H groups in total. The van der Waals surface area contributed by atoms with Gasteiger partial charge in [0.1, 0.15) is 5.69 Å². The van der Waals surface area contributed by atoms with E-state index in [9.17, 15) is 10.1 Å². The molecule has 4 nitrogen and oxygen atoms in total. The molecular formula is C7H9ClN2O2. The van der Waals surface area contributed by atoms with Crippen molar-refractivity contribution in [2.24, 2.45) is 0 Å². The minimum Gasteiger partial charge on any atom is -0.393 e. The number of hydrogen-bond acceptors (Lipinski definition) is 3. The van der Waals surface area contributed by atoms with Crippen molar-refractivity contribution in [2.45, 2.75) is 7.43 Å². The van der Waals surface area contributed by atoms with Gasteiger partial charge in [-0.2, -0.15) is 0 Å². The fourth-order valence-electron chi connectivity index (χ4n) is 0.692. The Kier molecular flexibility index (Phi) is 3.50. The van der Waals surface area contributed by atoms with E-state index in [1.807, 2.05) is 0 Å². The standard InChI is InChI=1S/C6H5ClN2O2.CH4/c7-4-1-2-6(9(10)11)5(8)3-4;/h1-3H,8H2;1H4. The number of rotatable bonds is 1. The number of anilines is 1. The van der Waals surface area contributed by atoms with Crippen molar-refractivity contribution >= 4 is 23.0 Å². The van der Waals surface area contributed by atoms with Crippen molar-refractivity contribution in [3.63, 3.8) is 0 Å². The Balaban J connectivity index is 0.00000121. The van der Waals surface area contributed by atoms with Gasteiger partial charge in [-0.3, -0.25) is 10.1 Å². The first-order valence-electron chi connectivity index (χ1n) is 2.80. The quantitative estimate of drug-likeness (QED) is 0.418. The van der Waals surface area contributed by atoms with Gasteiger partial charge in [0, 0.05) is 11.1 Å². The summed E-state index contributed by atoms with van der Waals surface area (Å²) in [6.07, 6.45) is 0. The lowest BCUT2D eigenvalue weighted by Crippen LogP contribution is -1.94. The molecule has 0 aliphatic carbocycles. The predicted molar refractivity (Wildman–Crippen MR) is 49.2 cm³/mol. The molecule has 0 aliphatic heterocycles. The molecule has 0 heterocycles. The molecule has 0 bridgehead atoms. The maximum absolute atomic E-state index is 10.2. The van der Waals surface area contributed by atoms with Crippen LogP contribution in [0, 0.1) is 10.1 Å². The SMILES string of the molecule is C.Nc1cc(Cl)ccc1[N+](=O)[O-]. The van der Waals surface area contributed by atoms with Crippen molar-refractivity contribution < 1.29 is 4.92 Å². The molecule has 66 valence electrons. The highest BCUT2D eigenvalue weighted by atomic mass is 35.5. The van der Waals surface area contributed by atoms with E-state index in [0.29, 0.717) is 5.02 Å². The summed E-state index contributed by atoms with van der Waals surface area (Å²) < 4.78 is 0.